The van der Waals surface area contributed by atoms with Gasteiger partial charge in [0.2, 0.25) is 5.91 Å². The van der Waals surface area contributed by atoms with E-state index in [1.54, 1.807) is 0 Å². The number of aromatic nitrogens is 1. The molecule has 0 unspecified atom stereocenters. The number of carbonyl (C=O) groups is 1. The second-order valence-corrected chi connectivity index (χ2v) is 7.20. The zero-order chi connectivity index (χ0) is 17.2. The smallest absolute Gasteiger partial charge is 0.223 e. The molecule has 5 nitrogen and oxygen atoms in total. The van der Waals surface area contributed by atoms with Crippen LogP contribution >= 0.6 is 0 Å². The molecule has 5 heteroatoms. The Morgan fingerprint density at radius 1 is 1.16 bits per heavy atom. The summed E-state index contributed by atoms with van der Waals surface area (Å²) in [4.78, 5) is 20.8. The van der Waals surface area contributed by atoms with Crippen molar-refractivity contribution in [1.29, 1.82) is 0 Å². The molecule has 25 heavy (non-hydrogen) atoms. The SMILES string of the molecule is C[C@@H]1C[C@H]1c1ccc(CCC(=O)N2CCN(c3ccncc3)CC2)o1. The average Bonchev–Trinajstić information content (AvgIpc) is 3.20. The zero-order valence-corrected chi connectivity index (χ0v) is 14.7. The molecule has 1 saturated heterocycles. The lowest BCUT2D eigenvalue weighted by atomic mass is 10.2. The largest absolute Gasteiger partial charge is 0.466 e. The van der Waals surface area contributed by atoms with Gasteiger partial charge in [-0.15, -0.1) is 0 Å². The minimum absolute atomic E-state index is 0.229. The number of amides is 1. The highest BCUT2D eigenvalue weighted by atomic mass is 16.3. The molecule has 2 fully saturated rings. The van der Waals surface area contributed by atoms with Crippen molar-refractivity contribution in [2.75, 3.05) is 31.1 Å². The minimum Gasteiger partial charge on any atom is -0.466 e. The molecule has 3 heterocycles. The highest BCUT2D eigenvalue weighted by Gasteiger charge is 2.36. The number of aryl methyl sites for hydroxylation is 1. The Bertz CT molecular complexity index is 720. The first-order valence-electron chi connectivity index (χ1n) is 9.22. The Labute approximate surface area is 148 Å². The van der Waals surface area contributed by atoms with Gasteiger partial charge in [0.15, 0.2) is 0 Å². The van der Waals surface area contributed by atoms with Gasteiger partial charge in [0.25, 0.3) is 0 Å². The lowest BCUT2D eigenvalue weighted by Crippen LogP contribution is -2.48. The Balaban J connectivity index is 1.24. The molecule has 1 saturated carbocycles. The molecule has 0 aromatic carbocycles. The minimum atomic E-state index is 0.229. The molecular formula is C20H25N3O2. The summed E-state index contributed by atoms with van der Waals surface area (Å²) < 4.78 is 5.91. The van der Waals surface area contributed by atoms with Gasteiger partial charge in [-0.05, 0) is 36.6 Å². The van der Waals surface area contributed by atoms with Crippen molar-refractivity contribution in [2.24, 2.45) is 5.92 Å². The fourth-order valence-electron chi connectivity index (χ4n) is 3.60. The van der Waals surface area contributed by atoms with Crippen LogP contribution in [0.5, 0.6) is 0 Å². The first-order chi connectivity index (χ1) is 12.2. The predicted molar refractivity (Wildman–Crippen MR) is 96.6 cm³/mol. The van der Waals surface area contributed by atoms with Gasteiger partial charge in [-0.25, -0.2) is 0 Å². The molecule has 1 aliphatic heterocycles. The van der Waals surface area contributed by atoms with Crippen LogP contribution in [0.15, 0.2) is 41.1 Å². The number of rotatable bonds is 5. The van der Waals surface area contributed by atoms with Crippen molar-refractivity contribution in [3.05, 3.63) is 48.2 Å². The first kappa shape index (κ1) is 16.2. The summed E-state index contributed by atoms with van der Waals surface area (Å²) in [5.41, 5.74) is 1.18. The predicted octanol–water partition coefficient (Wildman–Crippen LogP) is 3.08. The second-order valence-electron chi connectivity index (χ2n) is 7.20. The van der Waals surface area contributed by atoms with Gasteiger partial charge >= 0.3 is 0 Å². The van der Waals surface area contributed by atoms with Crippen LogP contribution < -0.4 is 4.90 Å². The van der Waals surface area contributed by atoms with Crippen LogP contribution in [0.4, 0.5) is 5.69 Å². The average molecular weight is 339 g/mol. The molecule has 2 aliphatic rings. The summed E-state index contributed by atoms with van der Waals surface area (Å²) in [7, 11) is 0. The van der Waals surface area contributed by atoms with Crippen molar-refractivity contribution < 1.29 is 9.21 Å². The molecular weight excluding hydrogens is 314 g/mol. The van der Waals surface area contributed by atoms with Gasteiger partial charge in [0.05, 0.1) is 0 Å². The van der Waals surface area contributed by atoms with E-state index in [0.717, 1.165) is 43.6 Å². The Morgan fingerprint density at radius 2 is 1.88 bits per heavy atom. The summed E-state index contributed by atoms with van der Waals surface area (Å²) in [6, 6.07) is 8.16. The number of furan rings is 1. The highest BCUT2D eigenvalue weighted by Crippen LogP contribution is 2.47. The summed E-state index contributed by atoms with van der Waals surface area (Å²) in [6.07, 6.45) is 6.08. The quantitative estimate of drug-likeness (QED) is 0.840. The molecule has 132 valence electrons. The van der Waals surface area contributed by atoms with E-state index in [1.165, 1.54) is 12.1 Å². The van der Waals surface area contributed by atoms with Crippen molar-refractivity contribution in [3.63, 3.8) is 0 Å². The maximum atomic E-state index is 12.5. The summed E-state index contributed by atoms with van der Waals surface area (Å²) >= 11 is 0. The molecule has 2 atom stereocenters. The van der Waals surface area contributed by atoms with E-state index in [4.69, 9.17) is 4.42 Å². The maximum absolute atomic E-state index is 12.5. The molecule has 2 aromatic rings. The van der Waals surface area contributed by atoms with Crippen molar-refractivity contribution in [3.8, 4) is 0 Å². The second kappa shape index (κ2) is 6.90. The van der Waals surface area contributed by atoms with Crippen molar-refractivity contribution >= 4 is 11.6 Å². The van der Waals surface area contributed by atoms with Crippen LogP contribution in [0.1, 0.15) is 37.2 Å². The molecule has 0 spiro atoms. The van der Waals surface area contributed by atoms with E-state index >= 15 is 0 Å². The molecule has 0 radical (unpaired) electrons. The maximum Gasteiger partial charge on any atom is 0.223 e. The molecule has 2 aromatic heterocycles. The Hall–Kier alpha value is -2.30. The number of anilines is 1. The van der Waals surface area contributed by atoms with Crippen LogP contribution in [0, 0.1) is 5.92 Å². The van der Waals surface area contributed by atoms with Gasteiger partial charge in [-0.1, -0.05) is 6.92 Å². The van der Waals surface area contributed by atoms with E-state index in [9.17, 15) is 4.79 Å². The Morgan fingerprint density at radius 3 is 2.56 bits per heavy atom. The van der Waals surface area contributed by atoms with E-state index in [0.29, 0.717) is 18.8 Å². The third kappa shape index (κ3) is 3.70. The van der Waals surface area contributed by atoms with Gasteiger partial charge < -0.3 is 14.2 Å². The summed E-state index contributed by atoms with van der Waals surface area (Å²) in [6.45, 7) is 5.57. The first-order valence-corrected chi connectivity index (χ1v) is 9.22. The van der Waals surface area contributed by atoms with E-state index in [1.807, 2.05) is 35.5 Å². The van der Waals surface area contributed by atoms with E-state index in [2.05, 4.69) is 22.9 Å². The van der Waals surface area contributed by atoms with E-state index in [-0.39, 0.29) is 5.91 Å². The fourth-order valence-corrected chi connectivity index (χ4v) is 3.60. The topological polar surface area (TPSA) is 49.6 Å². The Kier molecular flexibility index (Phi) is 4.47. The summed E-state index contributed by atoms with van der Waals surface area (Å²) in [5, 5.41) is 0. The van der Waals surface area contributed by atoms with Gasteiger partial charge in [0, 0.05) is 63.0 Å². The van der Waals surface area contributed by atoms with E-state index < -0.39 is 0 Å². The van der Waals surface area contributed by atoms with Gasteiger partial charge in [-0.3, -0.25) is 9.78 Å². The van der Waals surface area contributed by atoms with Crippen LogP contribution in [0.3, 0.4) is 0 Å². The molecule has 1 amide bonds. The van der Waals surface area contributed by atoms with Gasteiger partial charge in [0.1, 0.15) is 11.5 Å². The molecule has 0 bridgehead atoms. The third-order valence-electron chi connectivity index (χ3n) is 5.40. The zero-order valence-electron chi connectivity index (χ0n) is 14.7. The molecule has 4 rings (SSSR count). The monoisotopic (exact) mass is 339 g/mol. The lowest BCUT2D eigenvalue weighted by molar-refractivity contribution is -0.131. The standard InChI is InChI=1S/C20H25N3O2/c1-15-14-18(15)19-4-2-17(25-19)3-5-20(24)23-12-10-22(11-13-23)16-6-8-21-9-7-16/h2,4,6-9,15,18H,3,5,10-14H2,1H3/t15-,18-/m1/s1. The number of pyridine rings is 1. The van der Waals surface area contributed by atoms with Crippen LogP contribution in [-0.2, 0) is 11.2 Å². The number of carbonyl (C=O) groups excluding carboxylic acids is 1. The molecule has 0 N–H and O–H groups in total. The third-order valence-corrected chi connectivity index (χ3v) is 5.40. The number of hydrogen-bond donors (Lipinski definition) is 0. The lowest BCUT2D eigenvalue weighted by Gasteiger charge is -2.36. The fraction of sp³-hybridized carbons (Fsp3) is 0.500. The normalized spacial score (nSPS) is 22.9. The number of hydrogen-bond acceptors (Lipinski definition) is 4. The summed E-state index contributed by atoms with van der Waals surface area (Å²) in [5.74, 6) is 3.62. The van der Waals surface area contributed by atoms with Crippen LogP contribution in [-0.4, -0.2) is 42.0 Å². The highest BCUT2D eigenvalue weighted by molar-refractivity contribution is 5.76. The number of piperazine rings is 1. The van der Waals surface area contributed by atoms with Crippen molar-refractivity contribution in [2.45, 2.75) is 32.1 Å². The molecule has 1 aliphatic carbocycles. The van der Waals surface area contributed by atoms with Crippen molar-refractivity contribution in [1.82, 2.24) is 9.88 Å². The van der Waals surface area contributed by atoms with Crippen LogP contribution in [0.25, 0.3) is 0 Å². The number of nitrogens with zero attached hydrogens (tertiary/aromatic N) is 3. The van der Waals surface area contributed by atoms with Gasteiger partial charge in [-0.2, -0.15) is 0 Å². The van der Waals surface area contributed by atoms with Crippen LogP contribution in [0.2, 0.25) is 0 Å².